The predicted molar refractivity (Wildman–Crippen MR) is 75.6 cm³/mol. The molecular weight excluding hydrogens is 254 g/mol. The number of hydrogen-bond acceptors (Lipinski definition) is 3. The van der Waals surface area contributed by atoms with Crippen molar-refractivity contribution in [3.63, 3.8) is 0 Å². The van der Waals surface area contributed by atoms with Crippen molar-refractivity contribution in [3.05, 3.63) is 65.7 Å². The van der Waals surface area contributed by atoms with Crippen molar-refractivity contribution in [3.8, 4) is 5.75 Å². The Bertz CT molecular complexity index is 581. The summed E-state index contributed by atoms with van der Waals surface area (Å²) in [6.45, 7) is 0.343. The molecule has 1 N–H and O–H groups in total. The SMILES string of the molecule is O=Cc1ccccc1OCC(=O)NCc1ccccc1. The molecule has 0 atom stereocenters. The lowest BCUT2D eigenvalue weighted by Crippen LogP contribution is -2.28. The number of nitrogens with one attached hydrogen (secondary N) is 1. The van der Waals surface area contributed by atoms with E-state index in [1.807, 2.05) is 30.3 Å². The lowest BCUT2D eigenvalue weighted by atomic mass is 10.2. The Kier molecular flexibility index (Phi) is 4.89. The zero-order valence-electron chi connectivity index (χ0n) is 10.9. The van der Waals surface area contributed by atoms with Crippen molar-refractivity contribution < 1.29 is 14.3 Å². The number of amides is 1. The molecule has 0 aliphatic rings. The highest BCUT2D eigenvalue weighted by molar-refractivity contribution is 5.80. The second-order valence-corrected chi connectivity index (χ2v) is 4.21. The molecular formula is C16H15NO3. The minimum atomic E-state index is -0.227. The van der Waals surface area contributed by atoms with Crippen molar-refractivity contribution in [2.24, 2.45) is 0 Å². The van der Waals surface area contributed by atoms with E-state index in [4.69, 9.17) is 4.74 Å². The molecule has 0 aromatic heterocycles. The number of ether oxygens (including phenoxy) is 1. The van der Waals surface area contributed by atoms with Crippen LogP contribution in [0.4, 0.5) is 0 Å². The third-order valence-electron chi connectivity index (χ3n) is 2.74. The van der Waals surface area contributed by atoms with Gasteiger partial charge in [0, 0.05) is 6.54 Å². The van der Waals surface area contributed by atoms with Crippen molar-refractivity contribution >= 4 is 12.2 Å². The molecule has 20 heavy (non-hydrogen) atoms. The zero-order valence-corrected chi connectivity index (χ0v) is 10.9. The average molecular weight is 269 g/mol. The van der Waals surface area contributed by atoms with Crippen LogP contribution in [0.5, 0.6) is 5.75 Å². The van der Waals surface area contributed by atoms with Crippen LogP contribution in [0.15, 0.2) is 54.6 Å². The van der Waals surface area contributed by atoms with Crippen LogP contribution in [0.25, 0.3) is 0 Å². The van der Waals surface area contributed by atoms with Crippen molar-refractivity contribution in [1.29, 1.82) is 0 Å². The van der Waals surface area contributed by atoms with Gasteiger partial charge in [-0.1, -0.05) is 42.5 Å². The Balaban J connectivity index is 1.82. The monoisotopic (exact) mass is 269 g/mol. The second-order valence-electron chi connectivity index (χ2n) is 4.21. The van der Waals surface area contributed by atoms with Gasteiger partial charge in [-0.3, -0.25) is 9.59 Å². The molecule has 0 aliphatic carbocycles. The summed E-state index contributed by atoms with van der Waals surface area (Å²) in [5, 5.41) is 2.75. The lowest BCUT2D eigenvalue weighted by Gasteiger charge is -2.08. The molecule has 4 heteroatoms. The van der Waals surface area contributed by atoms with Gasteiger partial charge < -0.3 is 10.1 Å². The normalized spacial score (nSPS) is 9.80. The quantitative estimate of drug-likeness (QED) is 0.818. The third-order valence-corrected chi connectivity index (χ3v) is 2.74. The number of aldehydes is 1. The predicted octanol–water partition coefficient (Wildman–Crippen LogP) is 2.19. The summed E-state index contributed by atoms with van der Waals surface area (Å²) in [6.07, 6.45) is 0.706. The van der Waals surface area contributed by atoms with Crippen LogP contribution in [-0.4, -0.2) is 18.8 Å². The van der Waals surface area contributed by atoms with Gasteiger partial charge in [-0.2, -0.15) is 0 Å². The first-order chi connectivity index (χ1) is 9.79. The van der Waals surface area contributed by atoms with Gasteiger partial charge in [-0.25, -0.2) is 0 Å². The molecule has 1 amide bonds. The van der Waals surface area contributed by atoms with Gasteiger partial charge in [0.15, 0.2) is 12.9 Å². The highest BCUT2D eigenvalue weighted by atomic mass is 16.5. The maximum absolute atomic E-state index is 11.7. The molecule has 0 heterocycles. The van der Waals surface area contributed by atoms with E-state index in [9.17, 15) is 9.59 Å². The van der Waals surface area contributed by atoms with Gasteiger partial charge in [-0.15, -0.1) is 0 Å². The number of hydrogen-bond donors (Lipinski definition) is 1. The summed E-state index contributed by atoms with van der Waals surface area (Å²) < 4.78 is 5.33. The van der Waals surface area contributed by atoms with Crippen molar-refractivity contribution in [1.82, 2.24) is 5.32 Å². The third kappa shape index (κ3) is 3.95. The summed E-state index contributed by atoms with van der Waals surface area (Å²) in [7, 11) is 0. The smallest absolute Gasteiger partial charge is 0.258 e. The van der Waals surface area contributed by atoms with E-state index >= 15 is 0 Å². The summed E-state index contributed by atoms with van der Waals surface area (Å²) in [5.41, 5.74) is 1.46. The maximum atomic E-state index is 11.7. The first kappa shape index (κ1) is 13.8. The number of carbonyl (C=O) groups excluding carboxylic acids is 2. The van der Waals surface area contributed by atoms with Crippen molar-refractivity contribution in [2.75, 3.05) is 6.61 Å². The Hall–Kier alpha value is -2.62. The van der Waals surface area contributed by atoms with Gasteiger partial charge in [0.05, 0.1) is 5.56 Å². The van der Waals surface area contributed by atoms with Crippen LogP contribution in [0, 0.1) is 0 Å². The zero-order chi connectivity index (χ0) is 14.2. The molecule has 0 saturated heterocycles. The van der Waals surface area contributed by atoms with E-state index in [0.29, 0.717) is 24.1 Å². The van der Waals surface area contributed by atoms with Crippen LogP contribution < -0.4 is 10.1 Å². The first-order valence-electron chi connectivity index (χ1n) is 6.27. The van der Waals surface area contributed by atoms with Gasteiger partial charge >= 0.3 is 0 Å². The van der Waals surface area contributed by atoms with Crippen LogP contribution >= 0.6 is 0 Å². The molecule has 0 saturated carbocycles. The fourth-order valence-corrected chi connectivity index (χ4v) is 1.70. The fraction of sp³-hybridized carbons (Fsp3) is 0.125. The first-order valence-corrected chi connectivity index (χ1v) is 6.27. The van der Waals surface area contributed by atoms with E-state index in [-0.39, 0.29) is 12.5 Å². The summed E-state index contributed by atoms with van der Waals surface area (Å²) in [4.78, 5) is 22.5. The van der Waals surface area contributed by atoms with Gasteiger partial charge in [0.1, 0.15) is 5.75 Å². The lowest BCUT2D eigenvalue weighted by molar-refractivity contribution is -0.123. The molecule has 0 aliphatic heterocycles. The van der Waals surface area contributed by atoms with Crippen LogP contribution in [0.3, 0.4) is 0 Å². The molecule has 2 rings (SSSR count). The van der Waals surface area contributed by atoms with Gasteiger partial charge in [-0.05, 0) is 17.7 Å². The Morgan fingerprint density at radius 2 is 1.75 bits per heavy atom. The van der Waals surface area contributed by atoms with E-state index in [1.165, 1.54) is 0 Å². The van der Waals surface area contributed by atoms with Crippen LogP contribution in [0.1, 0.15) is 15.9 Å². The van der Waals surface area contributed by atoms with E-state index in [1.54, 1.807) is 24.3 Å². The Morgan fingerprint density at radius 1 is 1.05 bits per heavy atom. The van der Waals surface area contributed by atoms with E-state index < -0.39 is 0 Å². The summed E-state index contributed by atoms with van der Waals surface area (Å²) in [5.74, 6) is 0.187. The number of benzene rings is 2. The molecule has 0 fully saturated rings. The fourth-order valence-electron chi connectivity index (χ4n) is 1.70. The molecule has 2 aromatic rings. The number of rotatable bonds is 6. The van der Waals surface area contributed by atoms with Gasteiger partial charge in [0.2, 0.25) is 0 Å². The Labute approximate surface area is 117 Å². The second kappa shape index (κ2) is 7.09. The maximum Gasteiger partial charge on any atom is 0.258 e. The molecule has 102 valence electrons. The molecule has 4 nitrogen and oxygen atoms in total. The Morgan fingerprint density at radius 3 is 2.50 bits per heavy atom. The number of para-hydroxylation sites is 1. The highest BCUT2D eigenvalue weighted by Gasteiger charge is 2.05. The van der Waals surface area contributed by atoms with Crippen LogP contribution in [0.2, 0.25) is 0 Å². The average Bonchev–Trinajstić information content (AvgIpc) is 2.52. The standard InChI is InChI=1S/C16H15NO3/c18-11-14-8-4-5-9-15(14)20-12-16(19)17-10-13-6-2-1-3-7-13/h1-9,11H,10,12H2,(H,17,19). The summed E-state index contributed by atoms with van der Waals surface area (Å²) >= 11 is 0. The minimum Gasteiger partial charge on any atom is -0.483 e. The largest absolute Gasteiger partial charge is 0.483 e. The molecule has 0 bridgehead atoms. The molecule has 0 radical (unpaired) electrons. The minimum absolute atomic E-state index is 0.113. The number of carbonyl (C=O) groups is 2. The highest BCUT2D eigenvalue weighted by Crippen LogP contribution is 2.15. The van der Waals surface area contributed by atoms with E-state index in [0.717, 1.165) is 5.56 Å². The van der Waals surface area contributed by atoms with Crippen molar-refractivity contribution in [2.45, 2.75) is 6.54 Å². The summed E-state index contributed by atoms with van der Waals surface area (Å²) in [6, 6.07) is 16.4. The van der Waals surface area contributed by atoms with Gasteiger partial charge in [0.25, 0.3) is 5.91 Å². The van der Waals surface area contributed by atoms with E-state index in [2.05, 4.69) is 5.32 Å². The molecule has 0 spiro atoms. The van der Waals surface area contributed by atoms with Crippen LogP contribution in [-0.2, 0) is 11.3 Å². The topological polar surface area (TPSA) is 55.4 Å². The molecule has 0 unspecified atom stereocenters. The molecule has 2 aromatic carbocycles.